The van der Waals surface area contributed by atoms with Crippen LogP contribution in [0.3, 0.4) is 0 Å². The molecular formula is C14H15Cl2N3OS. The average Bonchev–Trinajstić information content (AvgIpc) is 2.88. The number of anilines is 1. The Bertz CT molecular complexity index is 630. The highest BCUT2D eigenvalue weighted by molar-refractivity contribution is 7.09. The normalized spacial score (nSPS) is 10.6. The summed E-state index contributed by atoms with van der Waals surface area (Å²) < 4.78 is 0. The first-order valence-electron chi connectivity index (χ1n) is 6.46. The zero-order valence-electron chi connectivity index (χ0n) is 11.2. The minimum Gasteiger partial charge on any atom is -0.330 e. The summed E-state index contributed by atoms with van der Waals surface area (Å²) in [6, 6.07) is 4.94. The molecule has 1 heterocycles. The van der Waals surface area contributed by atoms with E-state index in [0.29, 0.717) is 22.3 Å². The topological polar surface area (TPSA) is 68.0 Å². The van der Waals surface area contributed by atoms with Crippen molar-refractivity contribution in [3.8, 4) is 0 Å². The molecule has 0 radical (unpaired) electrons. The van der Waals surface area contributed by atoms with Crippen molar-refractivity contribution in [1.29, 1.82) is 0 Å². The number of rotatable bonds is 6. The van der Waals surface area contributed by atoms with Gasteiger partial charge in [-0.3, -0.25) is 4.79 Å². The number of nitrogens with zero attached hydrogens (tertiary/aromatic N) is 1. The summed E-state index contributed by atoms with van der Waals surface area (Å²) in [4.78, 5) is 16.4. The van der Waals surface area contributed by atoms with E-state index in [9.17, 15) is 4.79 Å². The lowest BCUT2D eigenvalue weighted by Gasteiger charge is -2.06. The van der Waals surface area contributed by atoms with Gasteiger partial charge in [0.25, 0.3) is 0 Å². The predicted octanol–water partition coefficient (Wildman–Crippen LogP) is 3.52. The number of hydrogen-bond donors (Lipinski definition) is 2. The van der Waals surface area contributed by atoms with Crippen molar-refractivity contribution < 1.29 is 4.79 Å². The van der Waals surface area contributed by atoms with Gasteiger partial charge in [-0.25, -0.2) is 4.98 Å². The molecule has 0 bridgehead atoms. The monoisotopic (exact) mass is 343 g/mol. The molecule has 2 rings (SSSR count). The summed E-state index contributed by atoms with van der Waals surface area (Å²) in [7, 11) is 0. The highest BCUT2D eigenvalue weighted by atomic mass is 35.5. The Kier molecular flexibility index (Phi) is 5.99. The Labute approximate surface area is 137 Å². The van der Waals surface area contributed by atoms with Gasteiger partial charge in [0.05, 0.1) is 27.8 Å². The predicted molar refractivity (Wildman–Crippen MR) is 88.3 cm³/mol. The first-order chi connectivity index (χ1) is 10.1. The minimum atomic E-state index is -0.171. The maximum Gasteiger partial charge on any atom is 0.230 e. The zero-order chi connectivity index (χ0) is 15.2. The van der Waals surface area contributed by atoms with Gasteiger partial charge in [-0.15, -0.1) is 11.3 Å². The van der Waals surface area contributed by atoms with Gasteiger partial charge in [0.2, 0.25) is 5.91 Å². The number of amides is 1. The van der Waals surface area contributed by atoms with Crippen molar-refractivity contribution in [1.82, 2.24) is 4.98 Å². The quantitative estimate of drug-likeness (QED) is 0.842. The molecule has 112 valence electrons. The molecule has 0 fully saturated rings. The van der Waals surface area contributed by atoms with Crippen molar-refractivity contribution >= 4 is 46.1 Å². The molecule has 3 N–H and O–H groups in total. The molecular weight excluding hydrogens is 329 g/mol. The molecule has 1 amide bonds. The summed E-state index contributed by atoms with van der Waals surface area (Å²) >= 11 is 13.4. The molecule has 0 aliphatic carbocycles. The fraction of sp³-hybridized carbons (Fsp3) is 0.286. The van der Waals surface area contributed by atoms with Crippen LogP contribution in [0.5, 0.6) is 0 Å². The smallest absolute Gasteiger partial charge is 0.230 e. The van der Waals surface area contributed by atoms with Gasteiger partial charge in [0.15, 0.2) is 0 Å². The van der Waals surface area contributed by atoms with Gasteiger partial charge in [-0.05, 0) is 31.2 Å². The van der Waals surface area contributed by atoms with Crippen LogP contribution < -0.4 is 11.1 Å². The van der Waals surface area contributed by atoms with Crippen LogP contribution in [0, 0.1) is 0 Å². The Morgan fingerprint density at radius 2 is 2.19 bits per heavy atom. The Morgan fingerprint density at radius 1 is 1.38 bits per heavy atom. The van der Waals surface area contributed by atoms with Crippen LogP contribution in [0.25, 0.3) is 0 Å². The third kappa shape index (κ3) is 4.97. The van der Waals surface area contributed by atoms with Gasteiger partial charge >= 0.3 is 0 Å². The second-order valence-corrected chi connectivity index (χ2v) is 6.26. The number of carbonyl (C=O) groups excluding carboxylic acids is 1. The van der Waals surface area contributed by atoms with Crippen LogP contribution in [0.2, 0.25) is 10.0 Å². The first kappa shape index (κ1) is 16.2. The van der Waals surface area contributed by atoms with E-state index in [-0.39, 0.29) is 12.3 Å². The summed E-state index contributed by atoms with van der Waals surface area (Å²) in [6.07, 6.45) is 1.96. The number of carbonyl (C=O) groups is 1. The maximum absolute atomic E-state index is 12.0. The van der Waals surface area contributed by atoms with Crippen LogP contribution in [-0.2, 0) is 17.6 Å². The molecule has 2 aromatic rings. The third-order valence-electron chi connectivity index (χ3n) is 2.74. The van der Waals surface area contributed by atoms with Crippen molar-refractivity contribution in [3.05, 3.63) is 44.3 Å². The number of halogens is 2. The fourth-order valence-corrected chi connectivity index (χ4v) is 2.93. The van der Waals surface area contributed by atoms with Crippen LogP contribution in [-0.4, -0.2) is 17.4 Å². The Morgan fingerprint density at radius 3 is 2.95 bits per heavy atom. The average molecular weight is 344 g/mol. The lowest BCUT2D eigenvalue weighted by molar-refractivity contribution is -0.115. The number of nitrogens with two attached hydrogens (primary N) is 1. The largest absolute Gasteiger partial charge is 0.330 e. The van der Waals surface area contributed by atoms with Crippen molar-refractivity contribution in [2.45, 2.75) is 19.3 Å². The molecule has 0 atom stereocenters. The van der Waals surface area contributed by atoms with Crippen molar-refractivity contribution in [2.24, 2.45) is 5.73 Å². The molecule has 7 heteroatoms. The van der Waals surface area contributed by atoms with E-state index in [4.69, 9.17) is 28.9 Å². The number of aryl methyl sites for hydroxylation is 1. The number of aromatic nitrogens is 1. The van der Waals surface area contributed by atoms with E-state index in [0.717, 1.165) is 23.5 Å². The van der Waals surface area contributed by atoms with E-state index < -0.39 is 0 Å². The number of benzene rings is 1. The molecule has 21 heavy (non-hydrogen) atoms. The van der Waals surface area contributed by atoms with Crippen LogP contribution >= 0.6 is 34.5 Å². The molecule has 1 aromatic carbocycles. The van der Waals surface area contributed by atoms with Gasteiger partial charge in [-0.2, -0.15) is 0 Å². The zero-order valence-corrected chi connectivity index (χ0v) is 13.6. The van der Waals surface area contributed by atoms with Crippen LogP contribution in [0.1, 0.15) is 17.1 Å². The fourth-order valence-electron chi connectivity index (χ4n) is 1.75. The number of thiazole rings is 1. The summed E-state index contributed by atoms with van der Waals surface area (Å²) in [5, 5.41) is 6.61. The standard InChI is InChI=1S/C14H15Cl2N3OS/c15-9-3-4-11(16)12(6-9)19-13(20)7-10-8-21-14(18-10)2-1-5-17/h3-4,6,8H,1-2,5,7,17H2,(H,19,20). The summed E-state index contributed by atoms with van der Waals surface area (Å²) in [6.45, 7) is 0.642. The molecule has 0 saturated heterocycles. The highest BCUT2D eigenvalue weighted by Crippen LogP contribution is 2.25. The number of nitrogens with one attached hydrogen (secondary N) is 1. The lowest BCUT2D eigenvalue weighted by atomic mass is 10.2. The molecule has 0 aliphatic heterocycles. The van der Waals surface area contributed by atoms with E-state index in [1.54, 1.807) is 29.5 Å². The minimum absolute atomic E-state index is 0.171. The Hall–Kier alpha value is -1.14. The maximum atomic E-state index is 12.0. The van der Waals surface area contributed by atoms with Crippen molar-refractivity contribution in [3.63, 3.8) is 0 Å². The molecule has 0 saturated carbocycles. The Balaban J connectivity index is 1.95. The second-order valence-electron chi connectivity index (χ2n) is 4.47. The molecule has 4 nitrogen and oxygen atoms in total. The van der Waals surface area contributed by atoms with E-state index in [1.165, 1.54) is 0 Å². The van der Waals surface area contributed by atoms with E-state index in [1.807, 2.05) is 5.38 Å². The van der Waals surface area contributed by atoms with Gasteiger partial charge in [-0.1, -0.05) is 23.2 Å². The molecule has 0 spiro atoms. The summed E-state index contributed by atoms with van der Waals surface area (Å²) in [5.41, 5.74) is 6.73. The first-order valence-corrected chi connectivity index (χ1v) is 8.10. The summed E-state index contributed by atoms with van der Waals surface area (Å²) in [5.74, 6) is -0.171. The van der Waals surface area contributed by atoms with E-state index in [2.05, 4.69) is 10.3 Å². The van der Waals surface area contributed by atoms with Crippen LogP contribution in [0.4, 0.5) is 5.69 Å². The third-order valence-corrected chi connectivity index (χ3v) is 4.26. The van der Waals surface area contributed by atoms with Crippen molar-refractivity contribution in [2.75, 3.05) is 11.9 Å². The van der Waals surface area contributed by atoms with Gasteiger partial charge < -0.3 is 11.1 Å². The van der Waals surface area contributed by atoms with Crippen LogP contribution in [0.15, 0.2) is 23.6 Å². The highest BCUT2D eigenvalue weighted by Gasteiger charge is 2.10. The molecule has 1 aromatic heterocycles. The number of hydrogen-bond acceptors (Lipinski definition) is 4. The lowest BCUT2D eigenvalue weighted by Crippen LogP contribution is -2.15. The SMILES string of the molecule is NCCCc1nc(CC(=O)Nc2cc(Cl)ccc2Cl)cs1. The van der Waals surface area contributed by atoms with E-state index >= 15 is 0 Å². The van der Waals surface area contributed by atoms with Gasteiger partial charge in [0.1, 0.15) is 0 Å². The molecule has 0 aliphatic rings. The molecule has 0 unspecified atom stereocenters. The van der Waals surface area contributed by atoms with Gasteiger partial charge in [0, 0.05) is 16.8 Å². The second kappa shape index (κ2) is 7.75.